The first-order chi connectivity index (χ1) is 10.0. The zero-order chi connectivity index (χ0) is 15.4. The fraction of sp³-hybridized carbons (Fsp3) is 0.286. The first-order valence-corrected chi connectivity index (χ1v) is 7.29. The van der Waals surface area contributed by atoms with E-state index in [0.29, 0.717) is 0 Å². The Morgan fingerprint density at radius 2 is 1.90 bits per heavy atom. The van der Waals surface area contributed by atoms with Gasteiger partial charge in [0.05, 0.1) is 4.92 Å². The molecule has 0 amide bonds. The zero-order valence-electron chi connectivity index (χ0n) is 12.0. The van der Waals surface area contributed by atoms with Gasteiger partial charge in [0.15, 0.2) is 0 Å². The number of hydrogen-bond donors (Lipinski definition) is 1. The van der Waals surface area contributed by atoms with Crippen molar-refractivity contribution < 1.29 is 4.92 Å². The van der Waals surface area contributed by atoms with Gasteiger partial charge in [-0.05, 0) is 18.1 Å². The number of benzene rings is 1. The minimum atomic E-state index is -0.405. The highest BCUT2D eigenvalue weighted by atomic mass is 32.2. The maximum Gasteiger partial charge on any atom is 0.269 e. The van der Waals surface area contributed by atoms with Crippen LogP contribution in [0.15, 0.2) is 40.5 Å². The summed E-state index contributed by atoms with van der Waals surface area (Å²) >= 11 is 1.48. The van der Waals surface area contributed by atoms with E-state index >= 15 is 0 Å². The molecule has 6 nitrogen and oxygen atoms in total. The zero-order valence-corrected chi connectivity index (χ0v) is 12.8. The van der Waals surface area contributed by atoms with Gasteiger partial charge >= 0.3 is 0 Å². The molecule has 0 aliphatic heterocycles. The highest BCUT2D eigenvalue weighted by molar-refractivity contribution is 7.99. The second-order valence-electron chi connectivity index (χ2n) is 4.70. The van der Waals surface area contributed by atoms with Crippen molar-refractivity contribution in [1.29, 1.82) is 0 Å². The van der Waals surface area contributed by atoms with E-state index < -0.39 is 4.92 Å². The predicted molar refractivity (Wildman–Crippen MR) is 82.9 cm³/mol. The molecule has 0 atom stereocenters. The molecule has 2 aromatic rings. The van der Waals surface area contributed by atoms with Crippen molar-refractivity contribution in [3.63, 3.8) is 0 Å². The van der Waals surface area contributed by atoms with Crippen LogP contribution < -0.4 is 5.32 Å². The molecule has 0 saturated carbocycles. The molecule has 21 heavy (non-hydrogen) atoms. The summed E-state index contributed by atoms with van der Waals surface area (Å²) in [5.74, 6) is 1.08. The second-order valence-corrected chi connectivity index (χ2v) is 5.76. The maximum atomic E-state index is 10.7. The first kappa shape index (κ1) is 15.2. The summed E-state index contributed by atoms with van der Waals surface area (Å²) in [4.78, 5) is 19.7. The number of anilines is 1. The SMILES string of the molecule is CNc1ncnc(Sc2ccc([N+](=O)[O-])cc2)c1C(C)C. The van der Waals surface area contributed by atoms with Crippen molar-refractivity contribution in [2.75, 3.05) is 12.4 Å². The quantitative estimate of drug-likeness (QED) is 0.515. The second kappa shape index (κ2) is 6.53. The molecule has 7 heteroatoms. The van der Waals surface area contributed by atoms with Crippen molar-refractivity contribution >= 4 is 23.3 Å². The number of hydrogen-bond acceptors (Lipinski definition) is 6. The molecule has 0 fully saturated rings. The van der Waals surface area contributed by atoms with Crippen molar-refractivity contribution in [1.82, 2.24) is 9.97 Å². The van der Waals surface area contributed by atoms with E-state index in [2.05, 4.69) is 29.1 Å². The van der Waals surface area contributed by atoms with Crippen LogP contribution in [-0.2, 0) is 0 Å². The average Bonchev–Trinajstić information content (AvgIpc) is 2.47. The predicted octanol–water partition coefficient (Wildman–Crippen LogP) is 3.70. The molecule has 2 rings (SSSR count). The summed E-state index contributed by atoms with van der Waals surface area (Å²) in [7, 11) is 1.83. The summed E-state index contributed by atoms with van der Waals surface area (Å²) in [6, 6.07) is 6.46. The van der Waals surface area contributed by atoms with Gasteiger partial charge in [-0.2, -0.15) is 0 Å². The van der Waals surface area contributed by atoms with Crippen molar-refractivity contribution in [3.8, 4) is 0 Å². The monoisotopic (exact) mass is 304 g/mol. The van der Waals surface area contributed by atoms with Crippen molar-refractivity contribution in [2.24, 2.45) is 0 Å². The van der Waals surface area contributed by atoms with Crippen LogP contribution in [0.2, 0.25) is 0 Å². The third kappa shape index (κ3) is 3.49. The molecule has 0 aliphatic rings. The molecule has 0 radical (unpaired) electrons. The smallest absolute Gasteiger partial charge is 0.269 e. The van der Waals surface area contributed by atoms with Gasteiger partial charge in [0, 0.05) is 29.6 Å². The van der Waals surface area contributed by atoms with Gasteiger partial charge in [-0.1, -0.05) is 25.6 Å². The Labute approximate surface area is 127 Å². The van der Waals surface area contributed by atoms with Crippen LogP contribution in [0.4, 0.5) is 11.5 Å². The van der Waals surface area contributed by atoms with Crippen LogP contribution in [0.25, 0.3) is 0 Å². The largest absolute Gasteiger partial charge is 0.373 e. The standard InChI is InChI=1S/C14H16N4O2S/c1-9(2)12-13(15-3)16-8-17-14(12)21-11-6-4-10(5-7-11)18(19)20/h4-9H,1-3H3,(H,15,16,17). The van der Waals surface area contributed by atoms with E-state index in [0.717, 1.165) is 21.3 Å². The normalized spacial score (nSPS) is 10.7. The van der Waals surface area contributed by atoms with Gasteiger partial charge in [0.1, 0.15) is 17.2 Å². The Bertz CT molecular complexity index is 644. The average molecular weight is 304 g/mol. The maximum absolute atomic E-state index is 10.7. The van der Waals surface area contributed by atoms with E-state index in [1.165, 1.54) is 30.2 Å². The van der Waals surface area contributed by atoms with Crippen LogP contribution >= 0.6 is 11.8 Å². The molecule has 0 spiro atoms. The van der Waals surface area contributed by atoms with Gasteiger partial charge in [0.2, 0.25) is 0 Å². The first-order valence-electron chi connectivity index (χ1n) is 6.48. The Morgan fingerprint density at radius 1 is 1.24 bits per heavy atom. The van der Waals surface area contributed by atoms with Gasteiger partial charge in [-0.25, -0.2) is 9.97 Å². The Balaban J connectivity index is 2.33. The van der Waals surface area contributed by atoms with E-state index in [4.69, 9.17) is 0 Å². The molecular weight excluding hydrogens is 288 g/mol. The summed E-state index contributed by atoms with van der Waals surface area (Å²) in [5.41, 5.74) is 1.13. The summed E-state index contributed by atoms with van der Waals surface area (Å²) in [5, 5.41) is 14.6. The molecule has 110 valence electrons. The molecule has 1 N–H and O–H groups in total. The number of nitrogens with zero attached hydrogens (tertiary/aromatic N) is 3. The fourth-order valence-electron chi connectivity index (χ4n) is 1.93. The fourth-order valence-corrected chi connectivity index (χ4v) is 2.97. The number of nitrogens with one attached hydrogen (secondary N) is 1. The lowest BCUT2D eigenvalue weighted by molar-refractivity contribution is -0.384. The van der Waals surface area contributed by atoms with Crippen LogP contribution in [0.5, 0.6) is 0 Å². The van der Waals surface area contributed by atoms with E-state index in [1.807, 2.05) is 7.05 Å². The highest BCUT2D eigenvalue weighted by Crippen LogP contribution is 2.35. The summed E-state index contributed by atoms with van der Waals surface area (Å²) in [6.45, 7) is 4.17. The van der Waals surface area contributed by atoms with Crippen molar-refractivity contribution in [3.05, 3.63) is 46.3 Å². The number of aromatic nitrogens is 2. The lowest BCUT2D eigenvalue weighted by Gasteiger charge is -2.14. The minimum absolute atomic E-state index is 0.0852. The van der Waals surface area contributed by atoms with Crippen LogP contribution in [0.1, 0.15) is 25.3 Å². The molecule has 0 saturated heterocycles. The van der Waals surface area contributed by atoms with Gasteiger partial charge in [0.25, 0.3) is 5.69 Å². The minimum Gasteiger partial charge on any atom is -0.373 e. The number of nitro groups is 1. The highest BCUT2D eigenvalue weighted by Gasteiger charge is 2.15. The van der Waals surface area contributed by atoms with Crippen molar-refractivity contribution in [2.45, 2.75) is 29.7 Å². The lowest BCUT2D eigenvalue weighted by Crippen LogP contribution is -2.03. The van der Waals surface area contributed by atoms with Crippen LogP contribution in [0, 0.1) is 10.1 Å². The Kier molecular flexibility index (Phi) is 4.74. The van der Waals surface area contributed by atoms with E-state index in [9.17, 15) is 10.1 Å². The molecule has 1 aromatic heterocycles. The van der Waals surface area contributed by atoms with E-state index in [-0.39, 0.29) is 11.6 Å². The molecule has 0 bridgehead atoms. The number of nitro benzene ring substituents is 1. The Hall–Kier alpha value is -2.15. The lowest BCUT2D eigenvalue weighted by atomic mass is 10.1. The molecule has 0 unspecified atom stereocenters. The topological polar surface area (TPSA) is 81.0 Å². The number of rotatable bonds is 5. The molecule has 0 aliphatic carbocycles. The third-order valence-electron chi connectivity index (χ3n) is 2.92. The van der Waals surface area contributed by atoms with Gasteiger partial charge in [-0.3, -0.25) is 10.1 Å². The molecule has 1 aromatic carbocycles. The summed E-state index contributed by atoms with van der Waals surface area (Å²) in [6.07, 6.45) is 1.52. The van der Waals surface area contributed by atoms with Crippen LogP contribution in [-0.4, -0.2) is 21.9 Å². The number of non-ortho nitro benzene ring substituents is 1. The summed E-state index contributed by atoms with van der Waals surface area (Å²) < 4.78 is 0. The molecule has 1 heterocycles. The van der Waals surface area contributed by atoms with Crippen LogP contribution in [0.3, 0.4) is 0 Å². The van der Waals surface area contributed by atoms with Gasteiger partial charge in [-0.15, -0.1) is 0 Å². The molecular formula is C14H16N4O2S. The van der Waals surface area contributed by atoms with Gasteiger partial charge < -0.3 is 5.32 Å². The third-order valence-corrected chi connectivity index (χ3v) is 3.95. The Morgan fingerprint density at radius 3 is 2.43 bits per heavy atom. The van der Waals surface area contributed by atoms with E-state index in [1.54, 1.807) is 12.1 Å².